The van der Waals surface area contributed by atoms with E-state index in [-0.39, 0.29) is 5.41 Å². The summed E-state index contributed by atoms with van der Waals surface area (Å²) in [5.74, 6) is 0.998. The molecule has 1 aliphatic carbocycles. The van der Waals surface area contributed by atoms with Crippen molar-refractivity contribution in [3.05, 3.63) is 24.0 Å². The zero-order valence-electron chi connectivity index (χ0n) is 11.9. The molecule has 20 heavy (non-hydrogen) atoms. The molecule has 2 aromatic rings. The van der Waals surface area contributed by atoms with Crippen molar-refractivity contribution in [1.82, 2.24) is 9.97 Å². The predicted molar refractivity (Wildman–Crippen MR) is 79.6 cm³/mol. The highest BCUT2D eigenvalue weighted by atomic mass is 32.2. The van der Waals surface area contributed by atoms with Crippen LogP contribution in [0.3, 0.4) is 0 Å². The van der Waals surface area contributed by atoms with Crippen molar-refractivity contribution in [1.29, 1.82) is 0 Å². The first-order valence-electron chi connectivity index (χ1n) is 7.09. The molecule has 0 atom stereocenters. The summed E-state index contributed by atoms with van der Waals surface area (Å²) in [5.41, 5.74) is 1.76. The number of rotatable bonds is 2. The average molecular weight is 292 g/mol. The van der Waals surface area contributed by atoms with Crippen LogP contribution in [-0.4, -0.2) is 24.6 Å². The number of sulfone groups is 1. The van der Waals surface area contributed by atoms with Crippen LogP contribution in [-0.2, 0) is 15.3 Å². The van der Waals surface area contributed by atoms with Gasteiger partial charge in [-0.25, -0.2) is 13.4 Å². The second-order valence-electron chi connectivity index (χ2n) is 6.16. The maximum atomic E-state index is 11.6. The number of aromatic nitrogens is 2. The van der Waals surface area contributed by atoms with Gasteiger partial charge < -0.3 is 4.98 Å². The van der Waals surface area contributed by atoms with E-state index in [1.807, 2.05) is 0 Å². The van der Waals surface area contributed by atoms with Crippen molar-refractivity contribution in [2.45, 2.75) is 49.3 Å². The molecule has 1 aromatic heterocycles. The maximum Gasteiger partial charge on any atom is 0.175 e. The third-order valence-electron chi connectivity index (χ3n) is 4.41. The van der Waals surface area contributed by atoms with Gasteiger partial charge in [0.25, 0.3) is 0 Å². The lowest BCUT2D eigenvalue weighted by Crippen LogP contribution is -2.26. The molecule has 0 radical (unpaired) electrons. The standard InChI is InChI=1S/C15H20N2O2S/c1-15(8-4-3-5-9-15)14-16-12-7-6-11(20(2,18)19)10-13(12)17-14/h6-7,10H,3-5,8-9H2,1-2H3,(H,16,17). The number of benzene rings is 1. The van der Waals surface area contributed by atoms with Crippen LogP contribution in [0.1, 0.15) is 44.9 Å². The fourth-order valence-electron chi connectivity index (χ4n) is 3.07. The van der Waals surface area contributed by atoms with Crippen molar-refractivity contribution in [3.63, 3.8) is 0 Å². The van der Waals surface area contributed by atoms with Gasteiger partial charge in [-0.05, 0) is 31.0 Å². The number of hydrogen-bond acceptors (Lipinski definition) is 3. The van der Waals surface area contributed by atoms with Crippen LogP contribution >= 0.6 is 0 Å². The van der Waals surface area contributed by atoms with Gasteiger partial charge in [0.2, 0.25) is 0 Å². The Bertz CT molecular complexity index is 740. The largest absolute Gasteiger partial charge is 0.341 e. The van der Waals surface area contributed by atoms with E-state index in [0.717, 1.165) is 29.7 Å². The number of imidazole rings is 1. The zero-order valence-corrected chi connectivity index (χ0v) is 12.8. The fourth-order valence-corrected chi connectivity index (χ4v) is 3.72. The first kappa shape index (κ1) is 13.6. The Morgan fingerprint density at radius 3 is 2.55 bits per heavy atom. The molecule has 1 N–H and O–H groups in total. The average Bonchev–Trinajstić information content (AvgIpc) is 2.82. The predicted octanol–water partition coefficient (Wildman–Crippen LogP) is 3.19. The number of aromatic amines is 1. The van der Waals surface area contributed by atoms with Crippen molar-refractivity contribution in [2.24, 2.45) is 0 Å². The molecule has 1 aliphatic rings. The highest BCUT2D eigenvalue weighted by molar-refractivity contribution is 7.90. The van der Waals surface area contributed by atoms with Crippen molar-refractivity contribution < 1.29 is 8.42 Å². The van der Waals surface area contributed by atoms with Gasteiger partial charge in [0.15, 0.2) is 9.84 Å². The quantitative estimate of drug-likeness (QED) is 0.924. The van der Waals surface area contributed by atoms with E-state index in [1.165, 1.54) is 25.5 Å². The van der Waals surface area contributed by atoms with Gasteiger partial charge in [-0.1, -0.05) is 26.2 Å². The van der Waals surface area contributed by atoms with Crippen molar-refractivity contribution in [3.8, 4) is 0 Å². The van der Waals surface area contributed by atoms with Gasteiger partial charge in [-0.15, -0.1) is 0 Å². The summed E-state index contributed by atoms with van der Waals surface area (Å²) >= 11 is 0. The minimum absolute atomic E-state index is 0.0997. The molecule has 1 aromatic carbocycles. The molecule has 1 fully saturated rings. The summed E-state index contributed by atoms with van der Waals surface area (Å²) in [6, 6.07) is 5.11. The lowest BCUT2D eigenvalue weighted by molar-refractivity contribution is 0.306. The van der Waals surface area contributed by atoms with Gasteiger partial charge in [0.1, 0.15) is 5.82 Å². The summed E-state index contributed by atoms with van der Waals surface area (Å²) in [6.45, 7) is 2.25. The lowest BCUT2D eigenvalue weighted by atomic mass is 9.75. The Morgan fingerprint density at radius 1 is 1.20 bits per heavy atom. The van der Waals surface area contributed by atoms with Gasteiger partial charge in [0.05, 0.1) is 15.9 Å². The lowest BCUT2D eigenvalue weighted by Gasteiger charge is -2.31. The normalized spacial score (nSPS) is 19.3. The van der Waals surface area contributed by atoms with Crippen LogP contribution in [0.2, 0.25) is 0 Å². The molecule has 4 nitrogen and oxygen atoms in total. The smallest absolute Gasteiger partial charge is 0.175 e. The van der Waals surface area contributed by atoms with Crippen molar-refractivity contribution >= 4 is 20.9 Å². The molecular weight excluding hydrogens is 272 g/mol. The van der Waals surface area contributed by atoms with E-state index < -0.39 is 9.84 Å². The second-order valence-corrected chi connectivity index (χ2v) is 8.17. The van der Waals surface area contributed by atoms with Crippen molar-refractivity contribution in [2.75, 3.05) is 6.26 Å². The fraction of sp³-hybridized carbons (Fsp3) is 0.533. The number of H-pyrrole nitrogens is 1. The molecule has 0 saturated heterocycles. The molecule has 3 rings (SSSR count). The highest BCUT2D eigenvalue weighted by Gasteiger charge is 2.31. The van der Waals surface area contributed by atoms with Crippen LogP contribution in [0.5, 0.6) is 0 Å². The minimum atomic E-state index is -3.17. The van der Waals surface area contributed by atoms with E-state index in [9.17, 15) is 8.42 Å². The second kappa shape index (κ2) is 4.58. The Balaban J connectivity index is 2.07. The third kappa shape index (κ3) is 2.35. The molecular formula is C15H20N2O2S. The van der Waals surface area contributed by atoms with Gasteiger partial charge >= 0.3 is 0 Å². The Kier molecular flexibility index (Phi) is 3.12. The van der Waals surface area contributed by atoms with E-state index in [2.05, 4.69) is 16.9 Å². The van der Waals surface area contributed by atoms with Crippen LogP contribution in [0.15, 0.2) is 23.1 Å². The zero-order chi connectivity index (χ0) is 14.4. The summed E-state index contributed by atoms with van der Waals surface area (Å²) in [6.07, 6.45) is 7.30. The van der Waals surface area contributed by atoms with E-state index in [4.69, 9.17) is 0 Å². The summed E-state index contributed by atoms with van der Waals surface area (Å²) in [7, 11) is -3.17. The van der Waals surface area contributed by atoms with Crippen LogP contribution < -0.4 is 0 Å². The van der Waals surface area contributed by atoms with E-state index >= 15 is 0 Å². The molecule has 0 bridgehead atoms. The third-order valence-corrected chi connectivity index (χ3v) is 5.52. The Hall–Kier alpha value is -1.36. The van der Waals surface area contributed by atoms with E-state index in [0.29, 0.717) is 4.90 Å². The molecule has 5 heteroatoms. The highest BCUT2D eigenvalue weighted by Crippen LogP contribution is 2.38. The number of nitrogens with one attached hydrogen (secondary N) is 1. The SMILES string of the molecule is CC1(c2nc3ccc(S(C)(=O)=O)cc3[nH]2)CCCCC1. The van der Waals surface area contributed by atoms with Crippen LogP contribution in [0, 0.1) is 0 Å². The number of hydrogen-bond donors (Lipinski definition) is 1. The maximum absolute atomic E-state index is 11.6. The summed E-state index contributed by atoms with van der Waals surface area (Å²) in [4.78, 5) is 8.37. The molecule has 0 amide bonds. The minimum Gasteiger partial charge on any atom is -0.341 e. The Morgan fingerprint density at radius 2 is 1.90 bits per heavy atom. The summed E-state index contributed by atoms with van der Waals surface area (Å²) in [5, 5.41) is 0. The molecule has 1 heterocycles. The van der Waals surface area contributed by atoms with Crippen LogP contribution in [0.4, 0.5) is 0 Å². The molecule has 0 spiro atoms. The number of nitrogens with zero attached hydrogens (tertiary/aromatic N) is 1. The van der Waals surface area contributed by atoms with Gasteiger partial charge in [-0.3, -0.25) is 0 Å². The topological polar surface area (TPSA) is 62.8 Å². The van der Waals surface area contributed by atoms with E-state index in [1.54, 1.807) is 18.2 Å². The number of fused-ring (bicyclic) bond motifs is 1. The first-order chi connectivity index (χ1) is 9.38. The molecule has 0 aliphatic heterocycles. The van der Waals surface area contributed by atoms with Crippen LogP contribution in [0.25, 0.3) is 11.0 Å². The molecule has 108 valence electrons. The summed E-state index contributed by atoms with van der Waals surface area (Å²) < 4.78 is 23.2. The van der Waals surface area contributed by atoms with Gasteiger partial charge in [0, 0.05) is 11.7 Å². The monoisotopic (exact) mass is 292 g/mol. The Labute approximate surface area is 119 Å². The molecule has 0 unspecified atom stereocenters. The van der Waals surface area contributed by atoms with Gasteiger partial charge in [-0.2, -0.15) is 0 Å². The first-order valence-corrected chi connectivity index (χ1v) is 8.98. The molecule has 1 saturated carbocycles.